The quantitative estimate of drug-likeness (QED) is 0.748. The summed E-state index contributed by atoms with van der Waals surface area (Å²) in [4.78, 5) is -0.0838. The van der Waals surface area contributed by atoms with E-state index in [-0.39, 0.29) is 10.5 Å². The van der Waals surface area contributed by atoms with Gasteiger partial charge in [-0.25, -0.2) is 18.2 Å². The van der Waals surface area contributed by atoms with E-state index in [9.17, 15) is 13.5 Å². The highest BCUT2D eigenvalue weighted by molar-refractivity contribution is 7.89. The third-order valence-corrected chi connectivity index (χ3v) is 4.96. The molecular weight excluding hydrogens is 338 g/mol. The zero-order valence-corrected chi connectivity index (χ0v) is 14.8. The number of benzene rings is 2. The maximum Gasteiger partial charge on any atom is 0.238 e. The Bertz CT molecular complexity index is 1020. The van der Waals surface area contributed by atoms with Crippen LogP contribution in [0.15, 0.2) is 53.4 Å². The zero-order chi connectivity index (χ0) is 18.2. The van der Waals surface area contributed by atoms with Crippen LogP contribution in [0.5, 0.6) is 0 Å². The molecule has 0 saturated heterocycles. The van der Waals surface area contributed by atoms with Crippen molar-refractivity contribution >= 4 is 10.0 Å². The Balaban J connectivity index is 2.16. The third kappa shape index (κ3) is 3.48. The second-order valence-electron chi connectivity index (χ2n) is 5.94. The predicted molar refractivity (Wildman–Crippen MR) is 95.8 cm³/mol. The van der Waals surface area contributed by atoms with Gasteiger partial charge in [0.15, 0.2) is 0 Å². The number of nitrogens with two attached hydrogens (primary N) is 1. The molecule has 2 aromatic carbocycles. The van der Waals surface area contributed by atoms with Crippen molar-refractivity contribution in [3.05, 3.63) is 65.4 Å². The monoisotopic (exact) mass is 357 g/mol. The van der Waals surface area contributed by atoms with E-state index >= 15 is 0 Å². The summed E-state index contributed by atoms with van der Waals surface area (Å²) in [6.07, 6.45) is 0. The summed E-state index contributed by atoms with van der Waals surface area (Å²) in [6.45, 7) is 3.48. The van der Waals surface area contributed by atoms with Gasteiger partial charge in [0.1, 0.15) is 0 Å². The van der Waals surface area contributed by atoms with Crippen LogP contribution in [0.3, 0.4) is 0 Å². The molecular formula is C18H19N3O3S. The Morgan fingerprint density at radius 2 is 1.76 bits per heavy atom. The molecule has 3 N–H and O–H groups in total. The first-order valence-electron chi connectivity index (χ1n) is 7.70. The molecule has 0 spiro atoms. The zero-order valence-electron chi connectivity index (χ0n) is 14.0. The van der Waals surface area contributed by atoms with Gasteiger partial charge in [0.05, 0.1) is 28.6 Å². The summed E-state index contributed by atoms with van der Waals surface area (Å²) in [5.74, 6) is 0. The van der Waals surface area contributed by atoms with Gasteiger partial charge in [0.25, 0.3) is 0 Å². The first kappa shape index (κ1) is 17.3. The molecule has 25 heavy (non-hydrogen) atoms. The first-order chi connectivity index (χ1) is 11.8. The molecule has 7 heteroatoms. The normalized spacial score (nSPS) is 11.7. The van der Waals surface area contributed by atoms with Gasteiger partial charge in [-0.3, -0.25) is 0 Å². The van der Waals surface area contributed by atoms with E-state index in [4.69, 9.17) is 5.14 Å². The molecule has 0 amide bonds. The van der Waals surface area contributed by atoms with Crippen LogP contribution < -0.4 is 5.14 Å². The second kappa shape index (κ2) is 6.44. The summed E-state index contributed by atoms with van der Waals surface area (Å²) in [7, 11) is -3.90. The molecule has 0 unspecified atom stereocenters. The van der Waals surface area contributed by atoms with E-state index in [0.717, 1.165) is 22.5 Å². The highest BCUT2D eigenvalue weighted by Crippen LogP contribution is 2.26. The van der Waals surface area contributed by atoms with Gasteiger partial charge >= 0.3 is 0 Å². The molecule has 1 heterocycles. The molecule has 0 radical (unpaired) electrons. The molecule has 0 bridgehead atoms. The van der Waals surface area contributed by atoms with Crippen molar-refractivity contribution in [3.8, 4) is 16.9 Å². The molecule has 0 aliphatic heterocycles. The van der Waals surface area contributed by atoms with Crippen LogP contribution in [0.25, 0.3) is 16.9 Å². The van der Waals surface area contributed by atoms with Gasteiger partial charge in [-0.1, -0.05) is 29.8 Å². The average Bonchev–Trinajstić information content (AvgIpc) is 2.96. The Morgan fingerprint density at radius 3 is 2.36 bits per heavy atom. The number of nitrogens with zero attached hydrogens (tertiary/aromatic N) is 2. The molecule has 1 aromatic heterocycles. The molecule has 0 aliphatic rings. The van der Waals surface area contributed by atoms with E-state index in [1.54, 1.807) is 16.8 Å². The van der Waals surface area contributed by atoms with Crippen molar-refractivity contribution in [2.75, 3.05) is 0 Å². The Hall–Kier alpha value is -2.48. The SMILES string of the molecule is Cc1ccc(-c2cc(C)nn2-c2ccc(S(N)(=O)=O)c(CO)c2)cc1. The van der Waals surface area contributed by atoms with E-state index in [1.165, 1.54) is 6.07 Å². The minimum Gasteiger partial charge on any atom is -0.392 e. The van der Waals surface area contributed by atoms with Gasteiger partial charge < -0.3 is 5.11 Å². The smallest absolute Gasteiger partial charge is 0.238 e. The number of aliphatic hydroxyl groups excluding tert-OH is 1. The number of aliphatic hydroxyl groups is 1. The lowest BCUT2D eigenvalue weighted by Crippen LogP contribution is -2.15. The number of rotatable bonds is 4. The predicted octanol–water partition coefficient (Wildman–Crippen LogP) is 2.30. The highest BCUT2D eigenvalue weighted by atomic mass is 32.2. The molecule has 0 atom stereocenters. The Morgan fingerprint density at radius 1 is 1.08 bits per heavy atom. The summed E-state index contributed by atoms with van der Waals surface area (Å²) in [6, 6.07) is 14.6. The Kier molecular flexibility index (Phi) is 4.47. The summed E-state index contributed by atoms with van der Waals surface area (Å²) in [5.41, 5.74) is 4.75. The number of aryl methyl sites for hydroxylation is 2. The lowest BCUT2D eigenvalue weighted by molar-refractivity contribution is 0.278. The number of aromatic nitrogens is 2. The van der Waals surface area contributed by atoms with Gasteiger partial charge in [0, 0.05) is 5.56 Å². The van der Waals surface area contributed by atoms with Gasteiger partial charge in [-0.2, -0.15) is 5.10 Å². The molecule has 0 aliphatic carbocycles. The van der Waals surface area contributed by atoms with Crippen molar-refractivity contribution in [2.45, 2.75) is 25.3 Å². The largest absolute Gasteiger partial charge is 0.392 e. The van der Waals surface area contributed by atoms with Crippen molar-refractivity contribution in [1.82, 2.24) is 9.78 Å². The van der Waals surface area contributed by atoms with Crippen molar-refractivity contribution in [2.24, 2.45) is 5.14 Å². The number of sulfonamides is 1. The molecule has 3 rings (SSSR count). The average molecular weight is 357 g/mol. The van der Waals surface area contributed by atoms with Gasteiger partial charge in [-0.15, -0.1) is 0 Å². The van der Waals surface area contributed by atoms with Crippen LogP contribution in [0.2, 0.25) is 0 Å². The minimum absolute atomic E-state index is 0.0838. The van der Waals surface area contributed by atoms with Crippen molar-refractivity contribution in [1.29, 1.82) is 0 Å². The van der Waals surface area contributed by atoms with Crippen LogP contribution in [0.4, 0.5) is 0 Å². The third-order valence-electron chi connectivity index (χ3n) is 3.94. The molecule has 6 nitrogen and oxygen atoms in total. The number of hydrogen-bond acceptors (Lipinski definition) is 4. The lowest BCUT2D eigenvalue weighted by atomic mass is 10.1. The van der Waals surface area contributed by atoms with Gasteiger partial charge in [-0.05, 0) is 43.7 Å². The standard InChI is InChI=1S/C18H19N3O3S/c1-12-3-5-14(6-4-12)17-9-13(2)20-21(17)16-7-8-18(25(19,23)24)15(10-16)11-22/h3-10,22H,11H2,1-2H3,(H2,19,23,24). The number of hydrogen-bond donors (Lipinski definition) is 2. The van der Waals surface area contributed by atoms with E-state index < -0.39 is 16.6 Å². The first-order valence-corrected chi connectivity index (χ1v) is 9.25. The van der Waals surface area contributed by atoms with Crippen LogP contribution in [0.1, 0.15) is 16.8 Å². The lowest BCUT2D eigenvalue weighted by Gasteiger charge is -2.11. The summed E-state index contributed by atoms with van der Waals surface area (Å²) < 4.78 is 25.0. The van der Waals surface area contributed by atoms with E-state index in [2.05, 4.69) is 5.10 Å². The fourth-order valence-corrected chi connectivity index (χ4v) is 3.47. The number of primary sulfonamides is 1. The van der Waals surface area contributed by atoms with Crippen molar-refractivity contribution in [3.63, 3.8) is 0 Å². The molecule has 3 aromatic rings. The van der Waals surface area contributed by atoms with Gasteiger partial charge in [0.2, 0.25) is 10.0 Å². The fourth-order valence-electron chi connectivity index (χ4n) is 2.72. The minimum atomic E-state index is -3.90. The van der Waals surface area contributed by atoms with Crippen LogP contribution >= 0.6 is 0 Å². The van der Waals surface area contributed by atoms with Crippen LogP contribution in [0, 0.1) is 13.8 Å². The summed E-state index contributed by atoms with van der Waals surface area (Å²) in [5, 5.41) is 19.2. The highest BCUT2D eigenvalue weighted by Gasteiger charge is 2.16. The topological polar surface area (TPSA) is 98.2 Å². The molecule has 0 fully saturated rings. The maximum atomic E-state index is 11.6. The van der Waals surface area contributed by atoms with Crippen molar-refractivity contribution < 1.29 is 13.5 Å². The summed E-state index contributed by atoms with van der Waals surface area (Å²) >= 11 is 0. The Labute approximate surface area is 146 Å². The van der Waals surface area contributed by atoms with Crippen LogP contribution in [-0.4, -0.2) is 23.3 Å². The van der Waals surface area contributed by atoms with Crippen LogP contribution in [-0.2, 0) is 16.6 Å². The fraction of sp³-hybridized carbons (Fsp3) is 0.167. The maximum absolute atomic E-state index is 11.6. The van der Waals surface area contributed by atoms with E-state index in [1.807, 2.05) is 44.2 Å². The second-order valence-corrected chi connectivity index (χ2v) is 7.47. The molecule has 130 valence electrons. The van der Waals surface area contributed by atoms with E-state index in [0.29, 0.717) is 5.69 Å². The molecule has 0 saturated carbocycles.